The van der Waals surface area contributed by atoms with Gasteiger partial charge in [0.15, 0.2) is 11.6 Å². The molecule has 0 N–H and O–H groups in total. The summed E-state index contributed by atoms with van der Waals surface area (Å²) in [5.74, 6) is 0.654. The molecule has 2 saturated carbocycles. The fourth-order valence-corrected chi connectivity index (χ4v) is 4.34. The highest BCUT2D eigenvalue weighted by molar-refractivity contribution is 5.23. The fraction of sp³-hybridized carbons (Fsp3) is 0.667. The summed E-state index contributed by atoms with van der Waals surface area (Å²) >= 11 is 0. The van der Waals surface area contributed by atoms with Gasteiger partial charge in [0.25, 0.3) is 0 Å². The third-order valence-electron chi connectivity index (χ3n) is 5.51. The van der Waals surface area contributed by atoms with Gasteiger partial charge in [0, 0.05) is 0 Å². The highest BCUT2D eigenvalue weighted by atomic mass is 19.2. The summed E-state index contributed by atoms with van der Waals surface area (Å²) in [4.78, 5) is 0. The molecule has 20 heavy (non-hydrogen) atoms. The highest BCUT2D eigenvalue weighted by Crippen LogP contribution is 2.43. The summed E-state index contributed by atoms with van der Waals surface area (Å²) in [5.41, 5.74) is 0.604. The van der Waals surface area contributed by atoms with Crippen LogP contribution in [0.2, 0.25) is 0 Å². The van der Waals surface area contributed by atoms with Crippen molar-refractivity contribution in [3.05, 3.63) is 35.4 Å². The van der Waals surface area contributed by atoms with E-state index in [-0.39, 0.29) is 5.92 Å². The topological polar surface area (TPSA) is 0 Å². The molecule has 2 aliphatic carbocycles. The molecule has 0 heterocycles. The van der Waals surface area contributed by atoms with Gasteiger partial charge < -0.3 is 0 Å². The first kappa shape index (κ1) is 14.0. The molecule has 1 aromatic carbocycles. The van der Waals surface area contributed by atoms with E-state index in [0.29, 0.717) is 5.56 Å². The Bertz CT molecular complexity index is 441. The van der Waals surface area contributed by atoms with Crippen LogP contribution in [0, 0.1) is 23.5 Å². The van der Waals surface area contributed by atoms with Crippen LogP contribution in [0.1, 0.15) is 69.3 Å². The van der Waals surface area contributed by atoms with E-state index in [9.17, 15) is 8.78 Å². The monoisotopic (exact) mass is 278 g/mol. The summed E-state index contributed by atoms with van der Waals surface area (Å²) in [7, 11) is 0. The van der Waals surface area contributed by atoms with Crippen molar-refractivity contribution in [1.29, 1.82) is 0 Å². The van der Waals surface area contributed by atoms with E-state index in [0.717, 1.165) is 24.7 Å². The molecule has 110 valence electrons. The second-order valence-electron chi connectivity index (χ2n) is 6.65. The molecule has 0 amide bonds. The maximum atomic E-state index is 13.9. The van der Waals surface area contributed by atoms with Crippen LogP contribution in [0.3, 0.4) is 0 Å². The Balaban J connectivity index is 1.62. The Morgan fingerprint density at radius 1 is 0.750 bits per heavy atom. The maximum absolute atomic E-state index is 13.9. The van der Waals surface area contributed by atoms with Crippen LogP contribution in [0.5, 0.6) is 0 Å². The summed E-state index contributed by atoms with van der Waals surface area (Å²) in [6, 6.07) is 4.62. The molecular formula is C18H24F2. The Labute approximate surface area is 120 Å². The van der Waals surface area contributed by atoms with Gasteiger partial charge in [0.05, 0.1) is 0 Å². The Morgan fingerprint density at radius 2 is 1.40 bits per heavy atom. The first-order valence-electron chi connectivity index (χ1n) is 8.19. The van der Waals surface area contributed by atoms with Crippen LogP contribution in [-0.2, 0) is 0 Å². The molecule has 0 aromatic heterocycles. The molecular weight excluding hydrogens is 254 g/mol. The van der Waals surface area contributed by atoms with Gasteiger partial charge in [-0.25, -0.2) is 8.78 Å². The molecule has 3 rings (SSSR count). The van der Waals surface area contributed by atoms with Gasteiger partial charge >= 0.3 is 0 Å². The van der Waals surface area contributed by atoms with Crippen LogP contribution in [0.25, 0.3) is 0 Å². The van der Waals surface area contributed by atoms with Gasteiger partial charge in [-0.1, -0.05) is 44.2 Å². The predicted octanol–water partition coefficient (Wildman–Crippen LogP) is 5.82. The van der Waals surface area contributed by atoms with Crippen LogP contribution in [-0.4, -0.2) is 0 Å². The molecule has 0 aliphatic heterocycles. The lowest BCUT2D eigenvalue weighted by Crippen LogP contribution is -2.23. The highest BCUT2D eigenvalue weighted by Gasteiger charge is 2.30. The average molecular weight is 278 g/mol. The van der Waals surface area contributed by atoms with Crippen molar-refractivity contribution in [3.63, 3.8) is 0 Å². The zero-order chi connectivity index (χ0) is 13.9. The van der Waals surface area contributed by atoms with Crippen LogP contribution in [0.15, 0.2) is 18.2 Å². The third kappa shape index (κ3) is 2.89. The first-order valence-corrected chi connectivity index (χ1v) is 8.19. The van der Waals surface area contributed by atoms with Crippen molar-refractivity contribution in [2.45, 2.75) is 63.7 Å². The molecule has 2 aliphatic rings. The first-order chi connectivity index (χ1) is 9.75. The number of hydrogen-bond acceptors (Lipinski definition) is 0. The normalized spacial score (nSPS) is 28.5. The summed E-state index contributed by atoms with van der Waals surface area (Å²) in [6.07, 6.45) is 11.4. The van der Waals surface area contributed by atoms with Crippen LogP contribution >= 0.6 is 0 Å². The maximum Gasteiger partial charge on any atom is 0.162 e. The fourth-order valence-electron chi connectivity index (χ4n) is 4.34. The molecule has 0 atom stereocenters. The molecule has 1 aromatic rings. The molecule has 0 bridgehead atoms. The average Bonchev–Trinajstić information content (AvgIpc) is 2.51. The number of halogens is 2. The quantitative estimate of drug-likeness (QED) is 0.639. The third-order valence-corrected chi connectivity index (χ3v) is 5.51. The van der Waals surface area contributed by atoms with Crippen LogP contribution in [0.4, 0.5) is 8.78 Å². The summed E-state index contributed by atoms with van der Waals surface area (Å²) < 4.78 is 27.2. The van der Waals surface area contributed by atoms with E-state index in [1.54, 1.807) is 12.1 Å². The lowest BCUT2D eigenvalue weighted by Gasteiger charge is -2.36. The second-order valence-corrected chi connectivity index (χ2v) is 6.65. The van der Waals surface area contributed by atoms with Crippen molar-refractivity contribution >= 4 is 0 Å². The van der Waals surface area contributed by atoms with E-state index in [2.05, 4.69) is 0 Å². The van der Waals surface area contributed by atoms with Gasteiger partial charge in [-0.3, -0.25) is 0 Å². The van der Waals surface area contributed by atoms with E-state index in [1.165, 1.54) is 51.0 Å². The van der Waals surface area contributed by atoms with Crippen molar-refractivity contribution < 1.29 is 8.78 Å². The molecule has 0 saturated heterocycles. The van der Waals surface area contributed by atoms with E-state index >= 15 is 0 Å². The van der Waals surface area contributed by atoms with Crippen molar-refractivity contribution in [1.82, 2.24) is 0 Å². The lowest BCUT2D eigenvalue weighted by atomic mass is 9.70. The smallest absolute Gasteiger partial charge is 0.162 e. The number of benzene rings is 1. The number of hydrogen-bond donors (Lipinski definition) is 0. The largest absolute Gasteiger partial charge is 0.204 e. The molecule has 2 heteroatoms. The van der Waals surface area contributed by atoms with E-state index in [4.69, 9.17) is 0 Å². The minimum absolute atomic E-state index is 0.227. The minimum Gasteiger partial charge on any atom is -0.204 e. The number of rotatable bonds is 2. The molecule has 2 fully saturated rings. The standard InChI is InChI=1S/C18H24F2/c19-17-8-4-7-16(18(17)20)15-11-9-14(10-12-15)13-5-2-1-3-6-13/h4,7-8,13-15H,1-3,5-6,9-12H2. The Morgan fingerprint density at radius 3 is 2.10 bits per heavy atom. The molecule has 0 spiro atoms. The summed E-state index contributed by atoms with van der Waals surface area (Å²) in [6.45, 7) is 0. The van der Waals surface area contributed by atoms with Crippen LogP contribution < -0.4 is 0 Å². The molecule has 0 nitrogen and oxygen atoms in total. The van der Waals surface area contributed by atoms with Gasteiger partial charge in [-0.15, -0.1) is 0 Å². The van der Waals surface area contributed by atoms with Crippen molar-refractivity contribution in [3.8, 4) is 0 Å². The van der Waals surface area contributed by atoms with Crippen molar-refractivity contribution in [2.75, 3.05) is 0 Å². The van der Waals surface area contributed by atoms with Gasteiger partial charge in [0.1, 0.15) is 0 Å². The molecule has 0 unspecified atom stereocenters. The molecule has 0 radical (unpaired) electrons. The minimum atomic E-state index is -0.697. The predicted molar refractivity (Wildman–Crippen MR) is 77.6 cm³/mol. The zero-order valence-electron chi connectivity index (χ0n) is 12.1. The van der Waals surface area contributed by atoms with Gasteiger partial charge in [-0.2, -0.15) is 0 Å². The SMILES string of the molecule is Fc1cccc(C2CCC(C3CCCCC3)CC2)c1F. The van der Waals surface area contributed by atoms with Gasteiger partial charge in [-0.05, 0) is 55.1 Å². The Hall–Kier alpha value is -0.920. The zero-order valence-corrected chi connectivity index (χ0v) is 12.1. The second kappa shape index (κ2) is 6.24. The van der Waals surface area contributed by atoms with Gasteiger partial charge in [0.2, 0.25) is 0 Å². The Kier molecular flexibility index (Phi) is 4.38. The summed E-state index contributed by atoms with van der Waals surface area (Å²) in [5, 5.41) is 0. The van der Waals surface area contributed by atoms with E-state index < -0.39 is 11.6 Å². The van der Waals surface area contributed by atoms with E-state index in [1.807, 2.05) is 0 Å². The lowest BCUT2D eigenvalue weighted by molar-refractivity contribution is 0.185. The van der Waals surface area contributed by atoms with Crippen molar-refractivity contribution in [2.24, 2.45) is 11.8 Å².